The number of nitrogens with zero attached hydrogens (tertiary/aromatic N) is 1. The van der Waals surface area contributed by atoms with Crippen molar-refractivity contribution in [2.75, 3.05) is 33.3 Å². The first-order chi connectivity index (χ1) is 14.4. The number of carbonyl (C=O) groups excluding carboxylic acids is 1. The molecule has 3 N–H and O–H groups in total. The summed E-state index contributed by atoms with van der Waals surface area (Å²) in [5, 5.41) is 6.26. The van der Waals surface area contributed by atoms with Gasteiger partial charge in [0.15, 0.2) is 23.9 Å². The zero-order valence-corrected chi connectivity index (χ0v) is 16.5. The number of nitrogens with one attached hydrogen (secondary N) is 1. The van der Waals surface area contributed by atoms with E-state index < -0.39 is 19.1 Å². The van der Waals surface area contributed by atoms with E-state index in [1.807, 2.05) is 0 Å². The van der Waals surface area contributed by atoms with Gasteiger partial charge >= 0.3 is 6.61 Å². The molecule has 30 heavy (non-hydrogen) atoms. The maximum atomic E-state index is 12.4. The first-order valence-corrected chi connectivity index (χ1v) is 8.48. The van der Waals surface area contributed by atoms with Gasteiger partial charge in [-0.05, 0) is 30.3 Å². The predicted molar refractivity (Wildman–Crippen MR) is 104 cm³/mol. The lowest BCUT2D eigenvalue weighted by atomic mass is 10.2. The number of rotatable bonds is 10. The number of anilines is 1. The van der Waals surface area contributed by atoms with Crippen LogP contribution in [-0.2, 0) is 9.63 Å². The Hall–Kier alpha value is -3.76. The van der Waals surface area contributed by atoms with E-state index in [-0.39, 0.29) is 17.3 Å². The lowest BCUT2D eigenvalue weighted by molar-refractivity contribution is -0.120. The molecule has 2 rings (SSSR count). The van der Waals surface area contributed by atoms with Crippen LogP contribution < -0.4 is 30.0 Å². The van der Waals surface area contributed by atoms with Crippen molar-refractivity contribution in [2.45, 2.75) is 6.61 Å². The van der Waals surface area contributed by atoms with Crippen LogP contribution >= 0.6 is 0 Å². The summed E-state index contributed by atoms with van der Waals surface area (Å²) in [5.74, 6) is 0.260. The summed E-state index contributed by atoms with van der Waals surface area (Å²) in [6, 6.07) is 8.88. The summed E-state index contributed by atoms with van der Waals surface area (Å²) in [5.41, 5.74) is 6.55. The van der Waals surface area contributed by atoms with Gasteiger partial charge in [-0.1, -0.05) is 5.16 Å². The number of alkyl halides is 2. The fourth-order valence-electron chi connectivity index (χ4n) is 2.32. The smallest absolute Gasteiger partial charge is 0.387 e. The van der Waals surface area contributed by atoms with Gasteiger partial charge < -0.3 is 34.8 Å². The van der Waals surface area contributed by atoms with Crippen molar-refractivity contribution < 1.29 is 37.4 Å². The van der Waals surface area contributed by atoms with Crippen LogP contribution in [-0.4, -0.2) is 46.3 Å². The number of methoxy groups -OCH3 is 3. The average molecular weight is 425 g/mol. The van der Waals surface area contributed by atoms with E-state index in [0.29, 0.717) is 22.7 Å². The van der Waals surface area contributed by atoms with Crippen LogP contribution in [0.1, 0.15) is 5.56 Å². The number of carbonyl (C=O) groups is 1. The van der Waals surface area contributed by atoms with E-state index in [4.69, 9.17) is 24.8 Å². The summed E-state index contributed by atoms with van der Waals surface area (Å²) in [7, 11) is 4.26. The molecular formula is C19H21F2N3O6. The highest BCUT2D eigenvalue weighted by atomic mass is 19.3. The molecule has 0 bridgehead atoms. The molecule has 0 radical (unpaired) electrons. The highest BCUT2D eigenvalue weighted by Gasteiger charge is 2.13. The van der Waals surface area contributed by atoms with Crippen molar-refractivity contribution in [3.63, 3.8) is 0 Å². The molecule has 0 saturated carbocycles. The van der Waals surface area contributed by atoms with Crippen molar-refractivity contribution in [2.24, 2.45) is 10.9 Å². The maximum absolute atomic E-state index is 12.4. The van der Waals surface area contributed by atoms with Crippen LogP contribution in [0.5, 0.6) is 23.0 Å². The van der Waals surface area contributed by atoms with Gasteiger partial charge in [0.1, 0.15) is 11.5 Å². The third-order valence-electron chi connectivity index (χ3n) is 3.72. The number of ether oxygens (including phenoxy) is 4. The number of benzene rings is 2. The first-order valence-electron chi connectivity index (χ1n) is 8.48. The molecule has 2 aromatic carbocycles. The summed E-state index contributed by atoms with van der Waals surface area (Å²) in [6.45, 7) is -3.43. The Kier molecular flexibility index (Phi) is 8.03. The molecule has 0 aliphatic carbocycles. The minimum absolute atomic E-state index is 0.0373. The summed E-state index contributed by atoms with van der Waals surface area (Å²) >= 11 is 0. The minimum atomic E-state index is -3.00. The van der Waals surface area contributed by atoms with Gasteiger partial charge in [-0.2, -0.15) is 8.78 Å². The summed E-state index contributed by atoms with van der Waals surface area (Å²) < 4.78 is 44.4. The third-order valence-corrected chi connectivity index (χ3v) is 3.72. The molecule has 0 spiro atoms. The van der Waals surface area contributed by atoms with E-state index in [1.54, 1.807) is 18.2 Å². The second kappa shape index (κ2) is 10.7. The topological polar surface area (TPSA) is 114 Å². The first kappa shape index (κ1) is 22.5. The Morgan fingerprint density at radius 2 is 1.77 bits per heavy atom. The van der Waals surface area contributed by atoms with Crippen LogP contribution in [0.3, 0.4) is 0 Å². The fraction of sp³-hybridized carbons (Fsp3) is 0.263. The van der Waals surface area contributed by atoms with Gasteiger partial charge in [0, 0.05) is 11.6 Å². The van der Waals surface area contributed by atoms with Gasteiger partial charge in [-0.25, -0.2) is 0 Å². The molecular weight excluding hydrogens is 404 g/mol. The molecule has 1 amide bonds. The Balaban J connectivity index is 1.98. The second-order valence-corrected chi connectivity index (χ2v) is 5.61. The quantitative estimate of drug-likeness (QED) is 0.342. The number of nitrogens with two attached hydrogens (primary N) is 1. The predicted octanol–water partition coefficient (Wildman–Crippen LogP) is 2.59. The van der Waals surface area contributed by atoms with E-state index >= 15 is 0 Å². The van der Waals surface area contributed by atoms with Crippen LogP contribution in [0, 0.1) is 0 Å². The number of hydrogen-bond acceptors (Lipinski definition) is 7. The van der Waals surface area contributed by atoms with Crippen LogP contribution in [0.25, 0.3) is 0 Å². The van der Waals surface area contributed by atoms with E-state index in [1.165, 1.54) is 39.5 Å². The molecule has 0 aliphatic rings. The lowest BCUT2D eigenvalue weighted by Crippen LogP contribution is -2.20. The van der Waals surface area contributed by atoms with Crippen molar-refractivity contribution in [1.29, 1.82) is 0 Å². The molecule has 0 aliphatic heterocycles. The van der Waals surface area contributed by atoms with Crippen LogP contribution in [0.15, 0.2) is 41.6 Å². The average Bonchev–Trinajstić information content (AvgIpc) is 2.73. The molecule has 0 unspecified atom stereocenters. The molecule has 162 valence electrons. The van der Waals surface area contributed by atoms with Crippen LogP contribution in [0.4, 0.5) is 14.5 Å². The van der Waals surface area contributed by atoms with Gasteiger partial charge in [-0.3, -0.25) is 4.79 Å². The van der Waals surface area contributed by atoms with Gasteiger partial charge in [0.05, 0.1) is 27.0 Å². The highest BCUT2D eigenvalue weighted by Crippen LogP contribution is 2.30. The Labute approximate surface area is 171 Å². The van der Waals surface area contributed by atoms with Crippen molar-refractivity contribution in [1.82, 2.24) is 0 Å². The maximum Gasteiger partial charge on any atom is 0.387 e. The number of amidine groups is 1. The molecule has 0 atom stereocenters. The number of hydrogen-bond donors (Lipinski definition) is 2. The third kappa shape index (κ3) is 6.12. The summed E-state index contributed by atoms with van der Waals surface area (Å²) in [4.78, 5) is 17.0. The minimum Gasteiger partial charge on any atom is -0.497 e. The highest BCUT2D eigenvalue weighted by molar-refractivity contribution is 5.98. The molecule has 2 aromatic rings. The molecule has 9 nitrogen and oxygen atoms in total. The molecule has 0 saturated heterocycles. The second-order valence-electron chi connectivity index (χ2n) is 5.61. The van der Waals surface area contributed by atoms with Crippen LogP contribution in [0.2, 0.25) is 0 Å². The van der Waals surface area contributed by atoms with Gasteiger partial charge in [-0.15, -0.1) is 0 Å². The number of amides is 1. The van der Waals surface area contributed by atoms with E-state index in [2.05, 4.69) is 15.2 Å². The van der Waals surface area contributed by atoms with E-state index in [9.17, 15) is 13.6 Å². The Morgan fingerprint density at radius 3 is 2.40 bits per heavy atom. The van der Waals surface area contributed by atoms with E-state index in [0.717, 1.165) is 0 Å². The Bertz CT molecular complexity index is 908. The van der Waals surface area contributed by atoms with Crippen molar-refractivity contribution >= 4 is 17.4 Å². The SMILES string of the molecule is COc1ccc(NC(=O)CON=C(N)c2ccc(OC(F)F)c(OC)c2)c(OC)c1. The van der Waals surface area contributed by atoms with Gasteiger partial charge in [0.25, 0.3) is 5.91 Å². The monoisotopic (exact) mass is 425 g/mol. The van der Waals surface area contributed by atoms with Crippen molar-refractivity contribution in [3.8, 4) is 23.0 Å². The Morgan fingerprint density at radius 1 is 1.03 bits per heavy atom. The molecule has 0 aromatic heterocycles. The standard InChI is InChI=1S/C19H21F2N3O6/c1-26-12-5-6-13(15(9-12)27-2)23-17(25)10-29-24-18(22)11-4-7-14(30-19(20)21)16(8-11)28-3/h4-9,19H,10H2,1-3H3,(H2,22,24)(H,23,25). The summed E-state index contributed by atoms with van der Waals surface area (Å²) in [6.07, 6.45) is 0. The fourth-order valence-corrected chi connectivity index (χ4v) is 2.32. The molecule has 11 heteroatoms. The normalized spacial score (nSPS) is 11.1. The number of halogens is 2. The largest absolute Gasteiger partial charge is 0.497 e. The lowest BCUT2D eigenvalue weighted by Gasteiger charge is -2.12. The van der Waals surface area contributed by atoms with Gasteiger partial charge in [0.2, 0.25) is 0 Å². The molecule has 0 fully saturated rings. The number of oxime groups is 1. The molecule has 0 heterocycles. The zero-order chi connectivity index (χ0) is 22.1. The zero-order valence-electron chi connectivity index (χ0n) is 16.5. The van der Waals surface area contributed by atoms with Crippen molar-refractivity contribution in [3.05, 3.63) is 42.0 Å².